The molecule has 17 heavy (non-hydrogen) atoms. The van der Waals surface area contributed by atoms with E-state index < -0.39 is 4.92 Å². The second-order valence-corrected chi connectivity index (χ2v) is 3.69. The fourth-order valence-electron chi connectivity index (χ4n) is 1.49. The first kappa shape index (κ1) is 11.1. The smallest absolute Gasteiger partial charge is 0.271 e. The fourth-order valence-corrected chi connectivity index (χ4v) is 1.49. The van der Waals surface area contributed by atoms with Crippen molar-refractivity contribution in [1.82, 2.24) is 10.2 Å². The zero-order valence-electron chi connectivity index (χ0n) is 9.30. The highest BCUT2D eigenvalue weighted by Gasteiger charge is 2.08. The molecule has 0 fully saturated rings. The van der Waals surface area contributed by atoms with E-state index in [-0.39, 0.29) is 5.69 Å². The summed E-state index contributed by atoms with van der Waals surface area (Å²) in [7, 11) is 0. The van der Waals surface area contributed by atoms with Crippen LogP contribution in [0.25, 0.3) is 0 Å². The van der Waals surface area contributed by atoms with Gasteiger partial charge in [0.2, 0.25) is 0 Å². The van der Waals surface area contributed by atoms with Gasteiger partial charge in [0.25, 0.3) is 5.69 Å². The maximum Gasteiger partial charge on any atom is 0.271 e. The van der Waals surface area contributed by atoms with E-state index in [0.717, 1.165) is 16.9 Å². The molecule has 6 heteroatoms. The Labute approximate surface area is 97.8 Å². The van der Waals surface area contributed by atoms with E-state index in [0.29, 0.717) is 6.54 Å². The van der Waals surface area contributed by atoms with Crippen LogP contribution in [0.1, 0.15) is 11.3 Å². The number of non-ortho nitro benzene ring substituents is 1. The van der Waals surface area contributed by atoms with Crippen LogP contribution in [0.3, 0.4) is 0 Å². The van der Waals surface area contributed by atoms with E-state index >= 15 is 0 Å². The highest BCUT2D eigenvalue weighted by molar-refractivity contribution is 5.56. The van der Waals surface area contributed by atoms with Gasteiger partial charge in [0.15, 0.2) is 0 Å². The number of H-pyrrole nitrogens is 1. The summed E-state index contributed by atoms with van der Waals surface area (Å²) in [6.45, 7) is 2.46. The summed E-state index contributed by atoms with van der Waals surface area (Å²) in [6, 6.07) is 6.61. The summed E-state index contributed by atoms with van der Waals surface area (Å²) < 4.78 is 0. The van der Waals surface area contributed by atoms with Gasteiger partial charge in [-0.15, -0.1) is 0 Å². The molecule has 1 heterocycles. The predicted octanol–water partition coefficient (Wildman–Crippen LogP) is 2.24. The monoisotopic (exact) mass is 232 g/mol. The molecule has 0 unspecified atom stereocenters. The molecule has 2 rings (SSSR count). The van der Waals surface area contributed by atoms with E-state index in [9.17, 15) is 10.1 Å². The third kappa shape index (κ3) is 2.60. The van der Waals surface area contributed by atoms with Crippen LogP contribution in [0.2, 0.25) is 0 Å². The van der Waals surface area contributed by atoms with E-state index in [4.69, 9.17) is 0 Å². The molecule has 2 N–H and O–H groups in total. The van der Waals surface area contributed by atoms with Crippen molar-refractivity contribution in [2.75, 3.05) is 5.32 Å². The van der Waals surface area contributed by atoms with Crippen LogP contribution >= 0.6 is 0 Å². The predicted molar refractivity (Wildman–Crippen MR) is 63.7 cm³/mol. The number of rotatable bonds is 4. The summed E-state index contributed by atoms with van der Waals surface area (Å²) in [5, 5.41) is 20.4. The van der Waals surface area contributed by atoms with Crippen LogP contribution in [0.5, 0.6) is 0 Å². The van der Waals surface area contributed by atoms with Gasteiger partial charge in [-0.3, -0.25) is 15.2 Å². The largest absolute Gasteiger partial charge is 0.379 e. The first-order chi connectivity index (χ1) is 8.16. The van der Waals surface area contributed by atoms with E-state index in [1.54, 1.807) is 12.3 Å². The molecule has 0 spiro atoms. The fraction of sp³-hybridized carbons (Fsp3) is 0.182. The van der Waals surface area contributed by atoms with Crippen LogP contribution in [0.15, 0.2) is 30.5 Å². The summed E-state index contributed by atoms with van der Waals surface area (Å²) in [6.07, 6.45) is 1.66. The number of aromatic nitrogens is 2. The van der Waals surface area contributed by atoms with Gasteiger partial charge < -0.3 is 5.32 Å². The molecular formula is C11H12N4O2. The minimum atomic E-state index is -0.402. The summed E-state index contributed by atoms with van der Waals surface area (Å²) in [5.74, 6) is 0. The topological polar surface area (TPSA) is 83.8 Å². The van der Waals surface area contributed by atoms with Gasteiger partial charge in [0, 0.05) is 24.0 Å². The lowest BCUT2D eigenvalue weighted by atomic mass is 10.2. The number of hydrogen-bond acceptors (Lipinski definition) is 4. The second kappa shape index (κ2) is 4.65. The first-order valence-corrected chi connectivity index (χ1v) is 5.14. The van der Waals surface area contributed by atoms with Gasteiger partial charge in [-0.25, -0.2) is 0 Å². The number of aromatic amines is 1. The van der Waals surface area contributed by atoms with Crippen LogP contribution < -0.4 is 5.32 Å². The number of hydrogen-bond donors (Lipinski definition) is 2. The van der Waals surface area contributed by atoms with Crippen LogP contribution in [0, 0.1) is 17.0 Å². The number of aryl methyl sites for hydroxylation is 1. The van der Waals surface area contributed by atoms with Crippen molar-refractivity contribution in [2.45, 2.75) is 13.5 Å². The zero-order chi connectivity index (χ0) is 12.3. The number of nitro groups is 1. The van der Waals surface area contributed by atoms with Crippen molar-refractivity contribution in [3.05, 3.63) is 51.8 Å². The minimum absolute atomic E-state index is 0.0858. The Morgan fingerprint density at radius 1 is 1.47 bits per heavy atom. The molecule has 0 aliphatic carbocycles. The Hall–Kier alpha value is -2.37. The lowest BCUT2D eigenvalue weighted by Crippen LogP contribution is -2.02. The molecule has 0 aliphatic rings. The van der Waals surface area contributed by atoms with Crippen molar-refractivity contribution in [3.63, 3.8) is 0 Å². The second-order valence-electron chi connectivity index (χ2n) is 3.69. The normalized spacial score (nSPS) is 10.2. The molecule has 0 saturated carbocycles. The van der Waals surface area contributed by atoms with Gasteiger partial charge in [0.05, 0.1) is 17.2 Å². The molecule has 0 radical (unpaired) electrons. The molecule has 0 aliphatic heterocycles. The summed E-state index contributed by atoms with van der Waals surface area (Å²) in [4.78, 5) is 10.3. The minimum Gasteiger partial charge on any atom is -0.379 e. The van der Waals surface area contributed by atoms with Crippen LogP contribution in [0.4, 0.5) is 11.4 Å². The number of nitrogens with one attached hydrogen (secondary N) is 2. The lowest BCUT2D eigenvalue weighted by molar-refractivity contribution is -0.384. The molecule has 1 aromatic heterocycles. The molecular weight excluding hydrogens is 220 g/mol. The highest BCUT2D eigenvalue weighted by atomic mass is 16.6. The maximum absolute atomic E-state index is 10.7. The van der Waals surface area contributed by atoms with Gasteiger partial charge in [-0.05, 0) is 18.6 Å². The van der Waals surface area contributed by atoms with Crippen LogP contribution in [-0.2, 0) is 6.54 Å². The van der Waals surface area contributed by atoms with E-state index in [2.05, 4.69) is 15.5 Å². The standard InChI is InChI=1S/C11H12N4O2/c1-8-2-3-10(15(16)17)6-11(8)12-7-9-4-5-13-14-9/h2-6,12H,7H2,1H3,(H,13,14). The average Bonchev–Trinajstić information content (AvgIpc) is 2.80. The van der Waals surface area contributed by atoms with Crippen molar-refractivity contribution in [1.29, 1.82) is 0 Å². The van der Waals surface area contributed by atoms with E-state index in [1.807, 2.05) is 13.0 Å². The molecule has 1 aromatic carbocycles. The van der Waals surface area contributed by atoms with Crippen molar-refractivity contribution >= 4 is 11.4 Å². The lowest BCUT2D eigenvalue weighted by Gasteiger charge is -2.07. The quantitative estimate of drug-likeness (QED) is 0.625. The Morgan fingerprint density at radius 2 is 2.29 bits per heavy atom. The van der Waals surface area contributed by atoms with Crippen molar-refractivity contribution < 1.29 is 4.92 Å². The summed E-state index contributed by atoms with van der Waals surface area (Å²) in [5.41, 5.74) is 2.74. The molecule has 2 aromatic rings. The Morgan fingerprint density at radius 3 is 2.94 bits per heavy atom. The highest BCUT2D eigenvalue weighted by Crippen LogP contribution is 2.22. The van der Waals surface area contributed by atoms with Gasteiger partial charge in [0.1, 0.15) is 0 Å². The number of anilines is 1. The Bertz CT molecular complexity index is 522. The van der Waals surface area contributed by atoms with Gasteiger partial charge in [-0.1, -0.05) is 6.07 Å². The Balaban J connectivity index is 2.14. The Kier molecular flexibility index (Phi) is 3.04. The average molecular weight is 232 g/mol. The van der Waals surface area contributed by atoms with Gasteiger partial charge in [-0.2, -0.15) is 5.10 Å². The molecule has 6 nitrogen and oxygen atoms in total. The molecule has 0 amide bonds. The molecule has 88 valence electrons. The van der Waals surface area contributed by atoms with E-state index in [1.165, 1.54) is 12.1 Å². The summed E-state index contributed by atoms with van der Waals surface area (Å²) >= 11 is 0. The third-order valence-electron chi connectivity index (χ3n) is 2.46. The first-order valence-electron chi connectivity index (χ1n) is 5.14. The molecule has 0 saturated heterocycles. The number of nitrogens with zero attached hydrogens (tertiary/aromatic N) is 2. The molecule has 0 bridgehead atoms. The van der Waals surface area contributed by atoms with Crippen molar-refractivity contribution in [3.8, 4) is 0 Å². The SMILES string of the molecule is Cc1ccc([N+](=O)[O-])cc1NCc1ccn[nH]1. The van der Waals surface area contributed by atoms with Gasteiger partial charge >= 0.3 is 0 Å². The third-order valence-corrected chi connectivity index (χ3v) is 2.46. The van der Waals surface area contributed by atoms with Crippen molar-refractivity contribution in [2.24, 2.45) is 0 Å². The van der Waals surface area contributed by atoms with Crippen LogP contribution in [-0.4, -0.2) is 15.1 Å². The number of nitro benzene ring substituents is 1. The number of benzene rings is 1. The zero-order valence-corrected chi connectivity index (χ0v) is 9.30. The maximum atomic E-state index is 10.7. The molecule has 0 atom stereocenters.